The number of aromatic nitrogens is 2. The van der Waals surface area contributed by atoms with Crippen LogP contribution in [0.4, 0.5) is 5.69 Å². The number of anilines is 1. The van der Waals surface area contributed by atoms with Crippen LogP contribution in [-0.2, 0) is 13.6 Å². The summed E-state index contributed by atoms with van der Waals surface area (Å²) >= 11 is 6.07. The maximum Gasteiger partial charge on any atom is 0.193 e. The van der Waals surface area contributed by atoms with Crippen molar-refractivity contribution < 1.29 is 4.74 Å². The molecule has 0 aliphatic rings. The first-order chi connectivity index (χ1) is 10.4. The van der Waals surface area contributed by atoms with E-state index in [-0.39, 0.29) is 0 Å². The number of aryl methyl sites for hydroxylation is 2. The first-order valence-electron chi connectivity index (χ1n) is 6.82. The Morgan fingerprint density at radius 2 is 2.18 bits per heavy atom. The van der Waals surface area contributed by atoms with Crippen molar-refractivity contribution in [1.29, 1.82) is 0 Å². The van der Waals surface area contributed by atoms with E-state index in [1.807, 2.05) is 31.6 Å². The molecule has 0 unspecified atom stereocenters. The molecule has 6 nitrogen and oxygen atoms in total. The van der Waals surface area contributed by atoms with Gasteiger partial charge in [-0.15, -0.1) is 0 Å². The maximum atomic E-state index is 6.07. The van der Waals surface area contributed by atoms with Gasteiger partial charge >= 0.3 is 0 Å². The Hall–Kier alpha value is -2.21. The predicted octanol–water partition coefficient (Wildman–Crippen LogP) is 2.63. The van der Waals surface area contributed by atoms with Crippen molar-refractivity contribution in [3.8, 4) is 5.75 Å². The second-order valence-electron chi connectivity index (χ2n) is 4.95. The number of ether oxygens (including phenoxy) is 1. The first-order valence-corrected chi connectivity index (χ1v) is 7.19. The number of hydrogen-bond acceptors (Lipinski definition) is 3. The minimum atomic E-state index is 0.323. The van der Waals surface area contributed by atoms with E-state index >= 15 is 0 Å². The van der Waals surface area contributed by atoms with Crippen LogP contribution in [0.3, 0.4) is 0 Å². The summed E-state index contributed by atoms with van der Waals surface area (Å²) in [4.78, 5) is 4.35. The van der Waals surface area contributed by atoms with Gasteiger partial charge < -0.3 is 15.8 Å². The molecular weight excluding hydrogens is 302 g/mol. The molecule has 3 N–H and O–H groups in total. The molecule has 1 aromatic heterocycles. The average molecular weight is 322 g/mol. The third kappa shape index (κ3) is 3.51. The number of benzene rings is 1. The van der Waals surface area contributed by atoms with E-state index < -0.39 is 0 Å². The molecular formula is C15H20ClN5O. The van der Waals surface area contributed by atoms with Crippen molar-refractivity contribution in [2.45, 2.75) is 20.4 Å². The molecule has 0 spiro atoms. The van der Waals surface area contributed by atoms with Gasteiger partial charge in [0.15, 0.2) is 5.96 Å². The lowest BCUT2D eigenvalue weighted by molar-refractivity contribution is 0.415. The van der Waals surface area contributed by atoms with Crippen molar-refractivity contribution in [1.82, 2.24) is 9.78 Å². The Balaban J connectivity index is 2.08. The highest BCUT2D eigenvalue weighted by molar-refractivity contribution is 6.32. The number of aliphatic imine (C=N–C) groups is 1. The number of hydrogen-bond donors (Lipinski definition) is 2. The van der Waals surface area contributed by atoms with Gasteiger partial charge in [-0.25, -0.2) is 4.99 Å². The van der Waals surface area contributed by atoms with Gasteiger partial charge in [-0.05, 0) is 32.0 Å². The molecule has 1 heterocycles. The molecule has 7 heteroatoms. The van der Waals surface area contributed by atoms with Crippen LogP contribution < -0.4 is 15.8 Å². The van der Waals surface area contributed by atoms with E-state index in [4.69, 9.17) is 22.1 Å². The zero-order valence-corrected chi connectivity index (χ0v) is 13.9. The molecule has 0 aliphatic carbocycles. The summed E-state index contributed by atoms with van der Waals surface area (Å²) in [5.41, 5.74) is 9.80. The third-order valence-electron chi connectivity index (χ3n) is 3.49. The molecule has 0 fully saturated rings. The monoisotopic (exact) mass is 321 g/mol. The molecule has 118 valence electrons. The quantitative estimate of drug-likeness (QED) is 0.670. The summed E-state index contributed by atoms with van der Waals surface area (Å²) in [6, 6.07) is 5.34. The van der Waals surface area contributed by atoms with E-state index in [0.29, 0.717) is 23.3 Å². The molecule has 1 aromatic carbocycles. The van der Waals surface area contributed by atoms with E-state index in [1.165, 1.54) is 0 Å². The van der Waals surface area contributed by atoms with Gasteiger partial charge in [-0.2, -0.15) is 5.10 Å². The van der Waals surface area contributed by atoms with Gasteiger partial charge in [0, 0.05) is 24.0 Å². The molecule has 0 saturated carbocycles. The van der Waals surface area contributed by atoms with Crippen molar-refractivity contribution in [3.05, 3.63) is 40.2 Å². The molecule has 0 amide bonds. The van der Waals surface area contributed by atoms with Crippen LogP contribution in [0.1, 0.15) is 17.0 Å². The van der Waals surface area contributed by atoms with Gasteiger partial charge in [0.2, 0.25) is 0 Å². The zero-order valence-electron chi connectivity index (χ0n) is 13.1. The normalized spacial score (nSPS) is 11.6. The van der Waals surface area contributed by atoms with Crippen LogP contribution in [0, 0.1) is 13.8 Å². The summed E-state index contributed by atoms with van der Waals surface area (Å²) in [5.74, 6) is 0.938. The molecule has 0 saturated heterocycles. The second-order valence-corrected chi connectivity index (χ2v) is 5.36. The summed E-state index contributed by atoms with van der Waals surface area (Å²) in [7, 11) is 3.49. The highest BCUT2D eigenvalue weighted by atomic mass is 35.5. The molecule has 0 radical (unpaired) electrons. The number of rotatable bonds is 4. The molecule has 2 rings (SSSR count). The van der Waals surface area contributed by atoms with Crippen LogP contribution in [0.5, 0.6) is 5.75 Å². The highest BCUT2D eigenvalue weighted by Gasteiger charge is 2.08. The van der Waals surface area contributed by atoms with Crippen molar-refractivity contribution >= 4 is 23.2 Å². The third-order valence-corrected chi connectivity index (χ3v) is 3.79. The summed E-state index contributed by atoms with van der Waals surface area (Å²) < 4.78 is 6.95. The molecule has 2 aromatic rings. The van der Waals surface area contributed by atoms with Crippen molar-refractivity contribution in [2.75, 3.05) is 12.4 Å². The number of guanidine groups is 1. The van der Waals surface area contributed by atoms with E-state index in [9.17, 15) is 0 Å². The largest absolute Gasteiger partial charge is 0.495 e. The van der Waals surface area contributed by atoms with Crippen LogP contribution in [0.15, 0.2) is 23.2 Å². The van der Waals surface area contributed by atoms with Crippen LogP contribution in [0.2, 0.25) is 5.02 Å². The number of methoxy groups -OCH3 is 1. The Bertz CT molecular complexity index is 708. The van der Waals surface area contributed by atoms with Crippen LogP contribution >= 0.6 is 11.6 Å². The van der Waals surface area contributed by atoms with Crippen molar-refractivity contribution in [2.24, 2.45) is 17.8 Å². The topological polar surface area (TPSA) is 77.5 Å². The predicted molar refractivity (Wildman–Crippen MR) is 89.6 cm³/mol. The van der Waals surface area contributed by atoms with Gasteiger partial charge in [0.05, 0.1) is 24.4 Å². The number of nitrogens with one attached hydrogen (secondary N) is 1. The second kappa shape index (κ2) is 6.70. The summed E-state index contributed by atoms with van der Waals surface area (Å²) in [6.45, 7) is 4.46. The fourth-order valence-electron chi connectivity index (χ4n) is 2.14. The summed E-state index contributed by atoms with van der Waals surface area (Å²) in [5, 5.41) is 7.88. The lowest BCUT2D eigenvalue weighted by Crippen LogP contribution is -2.22. The smallest absolute Gasteiger partial charge is 0.193 e. The lowest BCUT2D eigenvalue weighted by Gasteiger charge is -2.08. The number of halogens is 1. The van der Waals surface area contributed by atoms with Crippen LogP contribution in [-0.4, -0.2) is 22.8 Å². The van der Waals surface area contributed by atoms with E-state index in [1.54, 1.807) is 19.2 Å². The Morgan fingerprint density at radius 3 is 2.73 bits per heavy atom. The zero-order chi connectivity index (χ0) is 16.3. The van der Waals surface area contributed by atoms with E-state index in [2.05, 4.69) is 15.4 Å². The van der Waals surface area contributed by atoms with Crippen molar-refractivity contribution in [3.63, 3.8) is 0 Å². The van der Waals surface area contributed by atoms with Gasteiger partial charge in [-0.1, -0.05) is 11.6 Å². The van der Waals surface area contributed by atoms with Gasteiger partial charge in [0.25, 0.3) is 0 Å². The minimum absolute atomic E-state index is 0.323. The molecule has 0 bridgehead atoms. The summed E-state index contributed by atoms with van der Waals surface area (Å²) in [6.07, 6.45) is 0. The molecule has 0 atom stereocenters. The van der Waals surface area contributed by atoms with Gasteiger partial charge in [-0.3, -0.25) is 4.68 Å². The fraction of sp³-hybridized carbons (Fsp3) is 0.333. The Kier molecular flexibility index (Phi) is 4.92. The minimum Gasteiger partial charge on any atom is -0.495 e. The number of nitrogens with zero attached hydrogens (tertiary/aromatic N) is 3. The number of nitrogens with two attached hydrogens (primary N) is 1. The lowest BCUT2D eigenvalue weighted by atomic mass is 10.2. The molecule has 0 aliphatic heterocycles. The Morgan fingerprint density at radius 1 is 1.45 bits per heavy atom. The van der Waals surface area contributed by atoms with E-state index in [0.717, 1.165) is 22.6 Å². The maximum absolute atomic E-state index is 6.07. The highest BCUT2D eigenvalue weighted by Crippen LogP contribution is 2.27. The average Bonchev–Trinajstić information content (AvgIpc) is 2.70. The SMILES string of the molecule is COc1ccc(NC(N)=NCc2c(C)nn(C)c2C)cc1Cl. The Labute approximate surface area is 134 Å². The molecule has 22 heavy (non-hydrogen) atoms. The standard InChI is InChI=1S/C15H20ClN5O/c1-9-12(10(2)21(3)20-9)8-18-15(17)19-11-5-6-14(22-4)13(16)7-11/h5-7H,8H2,1-4H3,(H3,17,18,19). The first kappa shape index (κ1) is 16.2. The van der Waals surface area contributed by atoms with Gasteiger partial charge in [0.1, 0.15) is 5.75 Å². The fourth-order valence-corrected chi connectivity index (χ4v) is 2.40. The van der Waals surface area contributed by atoms with Crippen LogP contribution in [0.25, 0.3) is 0 Å².